The van der Waals surface area contributed by atoms with Gasteiger partial charge in [0, 0.05) is 0 Å². The Hall–Kier alpha value is -2.41. The van der Waals surface area contributed by atoms with Crippen LogP contribution in [0.3, 0.4) is 0 Å². The van der Waals surface area contributed by atoms with Crippen LogP contribution in [0.1, 0.15) is 30.3 Å². The minimum Gasteiger partial charge on any atom is -0.423 e. The maximum absolute atomic E-state index is 5.69. The Kier molecular flexibility index (Phi) is 3.07. The molecule has 4 rings (SSSR count). The first-order chi connectivity index (χ1) is 10.7. The van der Waals surface area contributed by atoms with Gasteiger partial charge in [0.05, 0.1) is 6.04 Å². The molecule has 0 saturated carbocycles. The summed E-state index contributed by atoms with van der Waals surface area (Å²) >= 11 is 0. The SMILES string of the molecule is Cc1ccc2oc(Nc3nnc([C@@H]4CCCN4C)o3)nc2c1. The number of nitrogens with one attached hydrogen (secondary N) is 1. The van der Waals surface area contributed by atoms with E-state index in [2.05, 4.69) is 32.4 Å². The van der Waals surface area contributed by atoms with E-state index in [-0.39, 0.29) is 6.04 Å². The molecule has 3 aromatic rings. The van der Waals surface area contributed by atoms with Crippen molar-refractivity contribution in [1.82, 2.24) is 20.1 Å². The van der Waals surface area contributed by atoms with E-state index in [9.17, 15) is 0 Å². The highest BCUT2D eigenvalue weighted by molar-refractivity contribution is 5.75. The molecular weight excluding hydrogens is 282 g/mol. The summed E-state index contributed by atoms with van der Waals surface area (Å²) in [5.74, 6) is 0.634. The van der Waals surface area contributed by atoms with Crippen LogP contribution in [0.5, 0.6) is 0 Å². The first-order valence-electron chi connectivity index (χ1n) is 7.37. The average molecular weight is 299 g/mol. The molecule has 0 bridgehead atoms. The highest BCUT2D eigenvalue weighted by Crippen LogP contribution is 2.30. The maximum atomic E-state index is 5.69. The van der Waals surface area contributed by atoms with Crippen molar-refractivity contribution in [1.29, 1.82) is 0 Å². The van der Waals surface area contributed by atoms with Gasteiger partial charge in [-0.1, -0.05) is 11.2 Å². The Morgan fingerprint density at radius 3 is 2.95 bits per heavy atom. The lowest BCUT2D eigenvalue weighted by molar-refractivity contribution is 0.270. The van der Waals surface area contributed by atoms with Crippen LogP contribution in [0.4, 0.5) is 12.0 Å². The van der Waals surface area contributed by atoms with Crippen LogP contribution in [-0.4, -0.2) is 33.7 Å². The number of likely N-dealkylation sites (tertiary alicyclic amines) is 1. The fourth-order valence-corrected chi connectivity index (χ4v) is 2.82. The molecule has 1 aliphatic rings. The van der Waals surface area contributed by atoms with Crippen molar-refractivity contribution < 1.29 is 8.83 Å². The summed E-state index contributed by atoms with van der Waals surface area (Å²) in [6.45, 7) is 3.07. The van der Waals surface area contributed by atoms with Gasteiger partial charge in [0.15, 0.2) is 5.58 Å². The molecule has 22 heavy (non-hydrogen) atoms. The number of rotatable bonds is 3. The third kappa shape index (κ3) is 2.33. The zero-order chi connectivity index (χ0) is 15.1. The van der Waals surface area contributed by atoms with Crippen molar-refractivity contribution in [3.8, 4) is 0 Å². The van der Waals surface area contributed by atoms with E-state index in [0.29, 0.717) is 17.9 Å². The van der Waals surface area contributed by atoms with Crippen molar-refractivity contribution in [2.75, 3.05) is 18.9 Å². The van der Waals surface area contributed by atoms with Crippen LogP contribution in [0.2, 0.25) is 0 Å². The average Bonchev–Trinajstić information content (AvgIpc) is 3.18. The Balaban J connectivity index is 1.56. The van der Waals surface area contributed by atoms with Gasteiger partial charge in [0.1, 0.15) is 5.52 Å². The Labute approximate surface area is 127 Å². The summed E-state index contributed by atoms with van der Waals surface area (Å²) < 4.78 is 11.3. The zero-order valence-electron chi connectivity index (χ0n) is 12.5. The van der Waals surface area contributed by atoms with Crippen LogP contribution < -0.4 is 5.32 Å². The number of fused-ring (bicyclic) bond motifs is 1. The van der Waals surface area contributed by atoms with Gasteiger partial charge in [-0.15, -0.1) is 5.10 Å². The van der Waals surface area contributed by atoms with Crippen molar-refractivity contribution >= 4 is 23.1 Å². The fraction of sp³-hybridized carbons (Fsp3) is 0.400. The molecule has 114 valence electrons. The molecule has 1 saturated heterocycles. The maximum Gasteiger partial charge on any atom is 0.323 e. The molecule has 1 atom stereocenters. The van der Waals surface area contributed by atoms with Gasteiger partial charge in [-0.2, -0.15) is 4.98 Å². The Morgan fingerprint density at radius 1 is 1.23 bits per heavy atom. The van der Waals surface area contributed by atoms with E-state index in [1.165, 1.54) is 0 Å². The largest absolute Gasteiger partial charge is 0.423 e. The predicted molar refractivity (Wildman–Crippen MR) is 80.9 cm³/mol. The summed E-state index contributed by atoms with van der Waals surface area (Å²) in [4.78, 5) is 6.60. The third-order valence-corrected chi connectivity index (χ3v) is 4.00. The fourth-order valence-electron chi connectivity index (χ4n) is 2.82. The zero-order valence-corrected chi connectivity index (χ0v) is 12.5. The van der Waals surface area contributed by atoms with Crippen molar-refractivity contribution in [3.05, 3.63) is 29.7 Å². The molecule has 3 heterocycles. The Bertz CT molecular complexity index is 809. The molecule has 2 aromatic heterocycles. The van der Waals surface area contributed by atoms with Crippen molar-refractivity contribution in [3.63, 3.8) is 0 Å². The minimum atomic E-state index is 0.203. The lowest BCUT2D eigenvalue weighted by Crippen LogP contribution is -2.17. The number of aromatic nitrogens is 3. The highest BCUT2D eigenvalue weighted by atomic mass is 16.4. The number of oxazole rings is 1. The molecule has 0 spiro atoms. The van der Waals surface area contributed by atoms with E-state index in [1.807, 2.05) is 25.1 Å². The second-order valence-electron chi connectivity index (χ2n) is 5.70. The molecule has 7 nitrogen and oxygen atoms in total. The molecular formula is C15H17N5O2. The molecule has 0 aliphatic carbocycles. The Morgan fingerprint density at radius 2 is 2.14 bits per heavy atom. The van der Waals surface area contributed by atoms with Crippen LogP contribution in [0.15, 0.2) is 27.0 Å². The minimum absolute atomic E-state index is 0.203. The van der Waals surface area contributed by atoms with Gasteiger partial charge in [0.25, 0.3) is 0 Å². The summed E-state index contributed by atoms with van der Waals surface area (Å²) in [5, 5.41) is 11.1. The van der Waals surface area contributed by atoms with Crippen LogP contribution in [-0.2, 0) is 0 Å². The quantitative estimate of drug-likeness (QED) is 0.796. The second kappa shape index (κ2) is 5.10. The lowest BCUT2D eigenvalue weighted by Gasteiger charge is -2.14. The smallest absolute Gasteiger partial charge is 0.323 e. The lowest BCUT2D eigenvalue weighted by atomic mass is 10.2. The van der Waals surface area contributed by atoms with Gasteiger partial charge in [-0.05, 0) is 51.1 Å². The molecule has 1 N–H and O–H groups in total. The van der Waals surface area contributed by atoms with E-state index in [0.717, 1.165) is 36.0 Å². The predicted octanol–water partition coefficient (Wildman–Crippen LogP) is 3.03. The molecule has 0 amide bonds. The van der Waals surface area contributed by atoms with Crippen molar-refractivity contribution in [2.45, 2.75) is 25.8 Å². The molecule has 1 aliphatic heterocycles. The van der Waals surface area contributed by atoms with Gasteiger partial charge < -0.3 is 8.83 Å². The topological polar surface area (TPSA) is 80.2 Å². The number of hydrogen-bond donors (Lipinski definition) is 1. The highest BCUT2D eigenvalue weighted by Gasteiger charge is 2.27. The second-order valence-corrected chi connectivity index (χ2v) is 5.70. The summed E-state index contributed by atoms with van der Waals surface area (Å²) in [6, 6.07) is 6.72. The summed E-state index contributed by atoms with van der Waals surface area (Å²) in [7, 11) is 2.07. The van der Waals surface area contributed by atoms with Crippen LogP contribution in [0.25, 0.3) is 11.1 Å². The van der Waals surface area contributed by atoms with E-state index in [1.54, 1.807) is 0 Å². The molecule has 1 aromatic carbocycles. The monoisotopic (exact) mass is 299 g/mol. The van der Waals surface area contributed by atoms with Gasteiger partial charge in [0.2, 0.25) is 5.89 Å². The van der Waals surface area contributed by atoms with Crippen LogP contribution in [0, 0.1) is 6.92 Å². The van der Waals surface area contributed by atoms with Gasteiger partial charge in [-0.25, -0.2) is 0 Å². The molecule has 0 radical (unpaired) electrons. The number of benzene rings is 1. The van der Waals surface area contributed by atoms with Gasteiger partial charge in [-0.3, -0.25) is 10.2 Å². The normalized spacial score (nSPS) is 19.1. The number of nitrogens with zero attached hydrogens (tertiary/aromatic N) is 4. The number of hydrogen-bond acceptors (Lipinski definition) is 7. The number of anilines is 2. The standard InChI is InChI=1S/C15H17N5O2/c1-9-5-6-12-10(8-9)16-14(21-12)17-15-19-18-13(22-15)11-4-3-7-20(11)2/h5-6,8,11H,3-4,7H2,1-2H3,(H,16,17,19)/t11-/m0/s1. The van der Waals surface area contributed by atoms with E-state index in [4.69, 9.17) is 8.83 Å². The van der Waals surface area contributed by atoms with Crippen LogP contribution >= 0.6 is 0 Å². The molecule has 0 unspecified atom stereocenters. The summed E-state index contributed by atoms with van der Waals surface area (Å²) in [6.07, 6.45) is 2.19. The van der Waals surface area contributed by atoms with Gasteiger partial charge >= 0.3 is 12.0 Å². The van der Waals surface area contributed by atoms with E-state index < -0.39 is 0 Å². The summed E-state index contributed by atoms with van der Waals surface area (Å²) in [5.41, 5.74) is 2.66. The van der Waals surface area contributed by atoms with Crippen molar-refractivity contribution in [2.24, 2.45) is 0 Å². The molecule has 1 fully saturated rings. The number of aryl methyl sites for hydroxylation is 1. The first kappa shape index (κ1) is 13.3. The third-order valence-electron chi connectivity index (χ3n) is 4.00. The van der Waals surface area contributed by atoms with E-state index >= 15 is 0 Å². The molecule has 7 heteroatoms. The first-order valence-corrected chi connectivity index (χ1v) is 7.37.